The van der Waals surface area contributed by atoms with Crippen LogP contribution < -0.4 is 0 Å². The quantitative estimate of drug-likeness (QED) is 0.186. The maximum Gasteiger partial charge on any atom is 0.135 e. The van der Waals surface area contributed by atoms with Gasteiger partial charge in [0.25, 0.3) is 0 Å². The van der Waals surface area contributed by atoms with Gasteiger partial charge in [-0.3, -0.25) is 0 Å². The molecule has 210 valence electrons. The Kier molecular flexibility index (Phi) is 2.99. The van der Waals surface area contributed by atoms with Crippen molar-refractivity contribution in [3.8, 4) is 44.5 Å². The van der Waals surface area contributed by atoms with E-state index in [1.165, 1.54) is 0 Å². The molecule has 9 aromatic rings. The largest absolute Gasteiger partial charge is 0.456 e. The van der Waals surface area contributed by atoms with Gasteiger partial charge in [-0.15, -0.1) is 0 Å². The number of fused-ring (bicyclic) bond motifs is 5. The molecule has 0 aliphatic heterocycles. The zero-order valence-corrected chi connectivity index (χ0v) is 23.1. The summed E-state index contributed by atoms with van der Waals surface area (Å²) in [5.41, 5.74) is -1.61. The lowest BCUT2D eigenvalue weighted by Gasteiger charge is -2.19. The summed E-state index contributed by atoms with van der Waals surface area (Å²) in [6, 6.07) is 1.58. The van der Waals surface area contributed by atoms with Crippen LogP contribution in [0.3, 0.4) is 0 Å². The van der Waals surface area contributed by atoms with Crippen molar-refractivity contribution in [1.82, 2.24) is 0 Å². The fourth-order valence-electron chi connectivity index (χ4n) is 5.65. The van der Waals surface area contributed by atoms with Gasteiger partial charge in [-0.2, -0.15) is 0 Å². The van der Waals surface area contributed by atoms with E-state index < -0.39 is 170 Å². The molecular formula is C44H28O. The van der Waals surface area contributed by atoms with Gasteiger partial charge in [0, 0.05) is 10.8 Å². The van der Waals surface area contributed by atoms with Crippen LogP contribution in [0.1, 0.15) is 26.0 Å². The highest BCUT2D eigenvalue weighted by atomic mass is 16.3. The molecule has 0 aliphatic rings. The van der Waals surface area contributed by atoms with Crippen molar-refractivity contribution in [1.29, 1.82) is 0 Å². The molecule has 1 heterocycles. The summed E-state index contributed by atoms with van der Waals surface area (Å²) in [7, 11) is 0. The van der Waals surface area contributed by atoms with E-state index in [4.69, 9.17) is 19.5 Å². The molecule has 1 nitrogen and oxygen atoms in total. The van der Waals surface area contributed by atoms with Crippen LogP contribution in [-0.2, 0) is 0 Å². The fraction of sp³-hybridized carbons (Fsp3) is 0. The Hall–Kier alpha value is -5.92. The van der Waals surface area contributed by atoms with E-state index in [1.807, 2.05) is 30.3 Å². The molecule has 9 rings (SSSR count). The Morgan fingerprint density at radius 3 is 1.73 bits per heavy atom. The molecule has 0 atom stereocenters. The second-order valence-electron chi connectivity index (χ2n) is 10.2. The number of furan rings is 1. The highest BCUT2D eigenvalue weighted by molar-refractivity contribution is 6.22. The van der Waals surface area contributed by atoms with Crippen molar-refractivity contribution >= 4 is 43.5 Å². The average Bonchev–Trinajstić information content (AvgIpc) is 3.70. The van der Waals surface area contributed by atoms with Crippen LogP contribution in [0.2, 0.25) is 0 Å². The molecule has 0 saturated carbocycles. The van der Waals surface area contributed by atoms with E-state index in [0.717, 1.165) is 5.56 Å². The Morgan fingerprint density at radius 1 is 0.356 bits per heavy atom. The molecule has 0 radical (unpaired) electrons. The van der Waals surface area contributed by atoms with Gasteiger partial charge in [0.15, 0.2) is 0 Å². The summed E-state index contributed by atoms with van der Waals surface area (Å²) in [5.74, 6) is 0. The minimum Gasteiger partial charge on any atom is -0.456 e. The van der Waals surface area contributed by atoms with E-state index in [9.17, 15) is 11.0 Å². The number of benzene rings is 8. The third kappa shape index (κ3) is 4.24. The predicted octanol–water partition coefficient (Wildman–Crippen LogP) is 12.6. The van der Waals surface area contributed by atoms with Crippen molar-refractivity contribution in [3.63, 3.8) is 0 Å². The van der Waals surface area contributed by atoms with Crippen LogP contribution >= 0.6 is 0 Å². The Labute approximate surface area is 288 Å². The molecule has 1 aromatic heterocycles. The number of rotatable bonds is 4. The molecule has 0 spiro atoms. The van der Waals surface area contributed by atoms with Crippen molar-refractivity contribution in [2.75, 3.05) is 0 Å². The summed E-state index contributed by atoms with van der Waals surface area (Å²) in [6.07, 6.45) is 0. The number of hydrogen-bond donors (Lipinski definition) is 0. The Morgan fingerprint density at radius 2 is 0.933 bits per heavy atom. The molecular weight excluding hydrogens is 544 g/mol. The first kappa shape index (κ1) is 13.0. The van der Waals surface area contributed by atoms with Crippen LogP contribution in [0.5, 0.6) is 0 Å². The highest BCUT2D eigenvalue weighted by Gasteiger charge is 2.18. The van der Waals surface area contributed by atoms with Crippen molar-refractivity contribution < 1.29 is 30.5 Å². The first-order valence-corrected chi connectivity index (χ1v) is 13.9. The maximum absolute atomic E-state index is 10.1. The van der Waals surface area contributed by atoms with Gasteiger partial charge in [-0.1, -0.05) is 139 Å². The van der Waals surface area contributed by atoms with Crippen LogP contribution in [0.15, 0.2) is 174 Å². The van der Waals surface area contributed by atoms with Crippen LogP contribution in [0.25, 0.3) is 88.0 Å². The standard InChI is InChI=1S/C44H28O/c1-3-12-29(13-4-1)31-16-11-17-32(26-31)33-22-24-38-40(27-33)44(34-23-25-42-39(28-34)35-18-9-10-21-41(35)45-42)37-20-8-7-19-36(37)43(38)30-14-5-2-6-15-30/h1-28H/i2D,5D,6D,7D,8D,9D,10D,14D,15D,18D,19D,20D,21D,22D,23D,24D,25D,27D,28D. The molecule has 0 bridgehead atoms. The maximum atomic E-state index is 10.1. The summed E-state index contributed by atoms with van der Waals surface area (Å²) in [4.78, 5) is 0. The van der Waals surface area contributed by atoms with Crippen molar-refractivity contribution in [2.45, 2.75) is 0 Å². The summed E-state index contributed by atoms with van der Waals surface area (Å²) >= 11 is 0. The third-order valence-corrected chi connectivity index (χ3v) is 7.64. The molecule has 0 aliphatic carbocycles. The summed E-state index contributed by atoms with van der Waals surface area (Å²) in [6.45, 7) is 0. The first-order chi connectivity index (χ1) is 30.2. The molecule has 8 aromatic carbocycles. The van der Waals surface area contributed by atoms with Gasteiger partial charge in [0.1, 0.15) is 11.2 Å². The van der Waals surface area contributed by atoms with Gasteiger partial charge in [-0.25, -0.2) is 0 Å². The molecule has 0 amide bonds. The second kappa shape index (κ2) is 10.4. The zero-order valence-electron chi connectivity index (χ0n) is 42.1. The Balaban J connectivity index is 1.62. The highest BCUT2D eigenvalue weighted by Crippen LogP contribution is 2.46. The topological polar surface area (TPSA) is 13.1 Å². The van der Waals surface area contributed by atoms with Gasteiger partial charge in [-0.05, 0) is 96.3 Å². The van der Waals surface area contributed by atoms with Crippen molar-refractivity contribution in [2.24, 2.45) is 0 Å². The van der Waals surface area contributed by atoms with Crippen LogP contribution in [0.4, 0.5) is 0 Å². The minimum atomic E-state index is -0.847. The number of para-hydroxylation sites is 1. The molecule has 0 unspecified atom stereocenters. The SMILES string of the molecule is [2H]c1c([2H])c([2H])c(-c2c3c([2H])c([2H])c([2H])c([2H])c3c(-c3c([2H])c([2H])c4oc5c([2H])c([2H])c([2H])c([2H])c5c4c3[2H])c3c([2H])c(-c4cccc(-c5ccccc5)c4)c([2H])c([2H])c23)c([2H])c1[2H]. The van der Waals surface area contributed by atoms with E-state index in [0.29, 0.717) is 5.56 Å². The molecule has 0 N–H and O–H groups in total. The van der Waals surface area contributed by atoms with Gasteiger partial charge in [0.2, 0.25) is 0 Å². The lowest BCUT2D eigenvalue weighted by atomic mass is 9.84. The van der Waals surface area contributed by atoms with E-state index in [2.05, 4.69) is 0 Å². The molecule has 0 saturated heterocycles. The lowest BCUT2D eigenvalue weighted by Crippen LogP contribution is -1.92. The monoisotopic (exact) mass is 591 g/mol. The fourth-order valence-corrected chi connectivity index (χ4v) is 5.65. The summed E-state index contributed by atoms with van der Waals surface area (Å²) in [5, 5.41) is -2.68. The lowest BCUT2D eigenvalue weighted by molar-refractivity contribution is 0.669. The van der Waals surface area contributed by atoms with E-state index in [1.54, 1.807) is 24.3 Å². The average molecular weight is 592 g/mol. The normalized spacial score (nSPS) is 17.5. The summed E-state index contributed by atoms with van der Waals surface area (Å²) < 4.78 is 178. The third-order valence-electron chi connectivity index (χ3n) is 7.64. The Bertz CT molecular complexity index is 3570. The van der Waals surface area contributed by atoms with Crippen LogP contribution in [-0.4, -0.2) is 0 Å². The zero-order chi connectivity index (χ0) is 46.3. The van der Waals surface area contributed by atoms with E-state index >= 15 is 0 Å². The van der Waals surface area contributed by atoms with Gasteiger partial charge >= 0.3 is 0 Å². The van der Waals surface area contributed by atoms with Gasteiger partial charge < -0.3 is 4.42 Å². The number of hydrogen-bond acceptors (Lipinski definition) is 1. The van der Waals surface area contributed by atoms with Crippen LogP contribution in [0, 0.1) is 0 Å². The van der Waals surface area contributed by atoms with E-state index in [-0.39, 0.29) is 21.9 Å². The predicted molar refractivity (Wildman–Crippen MR) is 190 cm³/mol. The molecule has 0 fully saturated rings. The van der Waals surface area contributed by atoms with Gasteiger partial charge in [0.05, 0.1) is 26.0 Å². The molecule has 45 heavy (non-hydrogen) atoms. The first-order valence-electron chi connectivity index (χ1n) is 23.4. The molecule has 1 heteroatoms. The van der Waals surface area contributed by atoms with Crippen molar-refractivity contribution in [3.05, 3.63) is 169 Å². The second-order valence-corrected chi connectivity index (χ2v) is 10.2. The smallest absolute Gasteiger partial charge is 0.135 e. The minimum absolute atomic E-state index is 0.183.